The average molecular weight is 591 g/mol. The van der Waals surface area contributed by atoms with E-state index in [-0.39, 0.29) is 37.1 Å². The van der Waals surface area contributed by atoms with Gasteiger partial charge in [-0.15, -0.1) is 5.06 Å². The molecular formula is C30H26N2O9S. The number of hydrogen-bond acceptors (Lipinski definition) is 9. The Morgan fingerprint density at radius 2 is 1.40 bits per heavy atom. The highest BCUT2D eigenvalue weighted by atomic mass is 32.2. The zero-order chi connectivity index (χ0) is 30.2. The van der Waals surface area contributed by atoms with Crippen LogP contribution in [0.15, 0.2) is 60.7 Å². The first-order valence-corrected chi connectivity index (χ1v) is 14.7. The van der Waals surface area contributed by atoms with Crippen molar-refractivity contribution in [3.05, 3.63) is 82.9 Å². The van der Waals surface area contributed by atoms with Crippen LogP contribution in [0.1, 0.15) is 51.1 Å². The average Bonchev–Trinajstić information content (AvgIpc) is 3.25. The molecule has 2 heterocycles. The predicted octanol–water partition coefficient (Wildman–Crippen LogP) is 3.27. The second-order valence-corrected chi connectivity index (χ2v) is 11.5. The van der Waals surface area contributed by atoms with E-state index in [1.54, 1.807) is 62.4 Å². The van der Waals surface area contributed by atoms with E-state index < -0.39 is 39.6 Å². The number of nitrogens with zero attached hydrogens (tertiary/aromatic N) is 2. The molecule has 0 bridgehead atoms. The van der Waals surface area contributed by atoms with Gasteiger partial charge in [-0.1, -0.05) is 24.3 Å². The molecule has 1 fully saturated rings. The second-order valence-electron chi connectivity index (χ2n) is 9.97. The number of hydrogen-bond donors (Lipinski definition) is 0. The molecule has 0 unspecified atom stereocenters. The monoisotopic (exact) mass is 590 g/mol. The number of carbonyl (C=O) groups is 4. The number of aryl methyl sites for hydroxylation is 3. The summed E-state index contributed by atoms with van der Waals surface area (Å²) in [6, 6.07) is 17.2. The molecule has 0 saturated carbocycles. The van der Waals surface area contributed by atoms with Crippen molar-refractivity contribution in [2.75, 3.05) is 5.75 Å². The van der Waals surface area contributed by atoms with Crippen molar-refractivity contribution in [1.29, 1.82) is 0 Å². The summed E-state index contributed by atoms with van der Waals surface area (Å²) in [4.78, 5) is 55.1. The molecule has 4 aromatic rings. The fraction of sp³-hybridized carbons (Fsp3) is 0.233. The normalized spacial score (nSPS) is 13.6. The second kappa shape index (κ2) is 11.3. The maximum atomic E-state index is 13.8. The lowest BCUT2D eigenvalue weighted by atomic mass is 10.0. The predicted molar refractivity (Wildman–Crippen MR) is 148 cm³/mol. The van der Waals surface area contributed by atoms with Crippen LogP contribution >= 0.6 is 0 Å². The molecule has 216 valence electrons. The molecule has 11 nitrogen and oxygen atoms in total. The Balaban J connectivity index is 1.49. The fourth-order valence-corrected chi connectivity index (χ4v) is 5.62. The molecule has 5 rings (SSSR count). The Bertz CT molecular complexity index is 1800. The number of aromatic nitrogens is 1. The lowest BCUT2D eigenvalue weighted by molar-refractivity contribution is -0.645. The standard InChI is InChI=1S/C30H26N2O9S/c1-18-16-20(29(35)41-32-25(33)12-13-26(32)34)17-19(2)28(18)40-30(36)27-21-8-3-5-10-23(21)31(14-7-15-42(37,38)39)24-11-6-4-9-22(24)27/h3-6,8-11,16-17H,7,12-15H2,1-2H3. The van der Waals surface area contributed by atoms with Gasteiger partial charge in [0.25, 0.3) is 11.8 Å². The lowest BCUT2D eigenvalue weighted by Gasteiger charge is -2.16. The number of fused-ring (bicyclic) bond motifs is 2. The third-order valence-electron chi connectivity index (χ3n) is 6.98. The van der Waals surface area contributed by atoms with Gasteiger partial charge in [-0.25, -0.2) is 18.0 Å². The van der Waals surface area contributed by atoms with Crippen molar-refractivity contribution >= 4 is 55.7 Å². The Kier molecular flexibility index (Phi) is 7.76. The Morgan fingerprint density at radius 1 is 0.881 bits per heavy atom. The fourth-order valence-electron chi connectivity index (χ4n) is 5.14. The molecule has 1 aliphatic heterocycles. The minimum Gasteiger partial charge on any atom is -0.748 e. The number of benzene rings is 3. The van der Waals surface area contributed by atoms with Crippen molar-refractivity contribution < 1.29 is 46.3 Å². The number of hydroxylamine groups is 2. The summed E-state index contributed by atoms with van der Waals surface area (Å²) in [5, 5.41) is 1.61. The van der Waals surface area contributed by atoms with Crippen LogP contribution < -0.4 is 9.30 Å². The van der Waals surface area contributed by atoms with Gasteiger partial charge in [0.15, 0.2) is 6.54 Å². The van der Waals surface area contributed by atoms with E-state index in [9.17, 15) is 32.1 Å². The molecule has 1 aliphatic rings. The van der Waals surface area contributed by atoms with Gasteiger partial charge in [-0.05, 0) is 49.2 Å². The summed E-state index contributed by atoms with van der Waals surface area (Å²) >= 11 is 0. The van der Waals surface area contributed by atoms with Crippen molar-refractivity contribution in [3.8, 4) is 5.75 Å². The SMILES string of the molecule is Cc1cc(C(=O)ON2C(=O)CCC2=O)cc(C)c1OC(=O)c1c2ccccc2[n+](CCCS(=O)(=O)[O-])c2ccccc12. The minimum absolute atomic E-state index is 0.0239. The van der Waals surface area contributed by atoms with Crippen LogP contribution in [-0.4, -0.2) is 47.5 Å². The number of para-hydroxylation sites is 2. The number of ether oxygens (including phenoxy) is 1. The van der Waals surface area contributed by atoms with Gasteiger partial charge in [-0.2, -0.15) is 4.57 Å². The maximum Gasteiger partial charge on any atom is 0.363 e. The number of carbonyl (C=O) groups excluding carboxylic acids is 4. The molecule has 0 spiro atoms. The minimum atomic E-state index is -4.38. The summed E-state index contributed by atoms with van der Waals surface area (Å²) in [6.45, 7) is 3.54. The Hall–Kier alpha value is -4.68. The van der Waals surface area contributed by atoms with Gasteiger partial charge in [0.2, 0.25) is 11.0 Å². The molecule has 3 aromatic carbocycles. The maximum absolute atomic E-state index is 13.8. The third kappa shape index (κ3) is 5.71. The molecule has 0 aliphatic carbocycles. The van der Waals surface area contributed by atoms with Crippen LogP contribution in [0.2, 0.25) is 0 Å². The molecule has 1 saturated heterocycles. The highest BCUT2D eigenvalue weighted by molar-refractivity contribution is 7.85. The van der Waals surface area contributed by atoms with Gasteiger partial charge in [0, 0.05) is 37.1 Å². The highest BCUT2D eigenvalue weighted by Gasteiger charge is 2.33. The van der Waals surface area contributed by atoms with E-state index in [1.807, 2.05) is 4.57 Å². The lowest BCUT2D eigenvalue weighted by Crippen LogP contribution is -2.37. The summed E-state index contributed by atoms with van der Waals surface area (Å²) in [7, 11) is -4.38. The Morgan fingerprint density at radius 3 is 1.93 bits per heavy atom. The van der Waals surface area contributed by atoms with Crippen LogP contribution in [0.4, 0.5) is 0 Å². The van der Waals surface area contributed by atoms with Crippen LogP contribution in [0, 0.1) is 13.8 Å². The van der Waals surface area contributed by atoms with Gasteiger partial charge in [-0.3, -0.25) is 9.59 Å². The van der Waals surface area contributed by atoms with E-state index >= 15 is 0 Å². The number of pyridine rings is 1. The number of rotatable bonds is 8. The molecule has 12 heteroatoms. The molecular weight excluding hydrogens is 564 g/mol. The molecule has 1 aromatic heterocycles. The number of amides is 2. The number of imide groups is 1. The van der Waals surface area contributed by atoms with E-state index in [4.69, 9.17) is 9.57 Å². The summed E-state index contributed by atoms with van der Waals surface area (Å²) in [5.74, 6) is -3.00. The van der Waals surface area contributed by atoms with Gasteiger partial charge in [0.05, 0.1) is 32.0 Å². The quantitative estimate of drug-likeness (QED) is 0.0752. The smallest absolute Gasteiger partial charge is 0.363 e. The van der Waals surface area contributed by atoms with Crippen molar-refractivity contribution in [2.24, 2.45) is 0 Å². The van der Waals surface area contributed by atoms with E-state index in [1.165, 1.54) is 12.1 Å². The molecule has 0 N–H and O–H groups in total. The molecule has 0 atom stereocenters. The summed E-state index contributed by atoms with van der Waals surface area (Å²) in [5.41, 5.74) is 2.59. The first-order chi connectivity index (χ1) is 19.9. The van der Waals surface area contributed by atoms with E-state index in [0.29, 0.717) is 43.6 Å². The summed E-state index contributed by atoms with van der Waals surface area (Å²) in [6.07, 6.45) is 0.0510. The van der Waals surface area contributed by atoms with E-state index in [0.717, 1.165) is 0 Å². The van der Waals surface area contributed by atoms with Crippen molar-refractivity contribution in [2.45, 2.75) is 39.7 Å². The largest absolute Gasteiger partial charge is 0.748 e. The van der Waals surface area contributed by atoms with Gasteiger partial charge >= 0.3 is 11.9 Å². The Labute approximate surface area is 241 Å². The third-order valence-corrected chi connectivity index (χ3v) is 7.77. The van der Waals surface area contributed by atoms with Gasteiger partial charge in [0.1, 0.15) is 5.75 Å². The summed E-state index contributed by atoms with van der Waals surface area (Å²) < 4.78 is 41.4. The molecule has 2 amide bonds. The topological polar surface area (TPSA) is 151 Å². The van der Waals surface area contributed by atoms with Crippen LogP contribution in [0.5, 0.6) is 5.75 Å². The molecule has 0 radical (unpaired) electrons. The van der Waals surface area contributed by atoms with Crippen LogP contribution in [0.25, 0.3) is 21.8 Å². The first kappa shape index (κ1) is 28.8. The van der Waals surface area contributed by atoms with Crippen molar-refractivity contribution in [3.63, 3.8) is 0 Å². The van der Waals surface area contributed by atoms with Crippen LogP contribution in [-0.2, 0) is 31.1 Å². The van der Waals surface area contributed by atoms with E-state index in [2.05, 4.69) is 0 Å². The highest BCUT2D eigenvalue weighted by Crippen LogP contribution is 2.30. The zero-order valence-corrected chi connectivity index (χ0v) is 23.6. The number of esters is 1. The molecule has 42 heavy (non-hydrogen) atoms. The van der Waals surface area contributed by atoms with Crippen LogP contribution in [0.3, 0.4) is 0 Å². The zero-order valence-electron chi connectivity index (χ0n) is 22.8. The van der Waals surface area contributed by atoms with Crippen molar-refractivity contribution in [1.82, 2.24) is 5.06 Å². The van der Waals surface area contributed by atoms with Gasteiger partial charge < -0.3 is 14.1 Å². The first-order valence-electron chi connectivity index (χ1n) is 13.1.